The third-order valence-corrected chi connectivity index (χ3v) is 5.44. The van der Waals surface area contributed by atoms with Crippen molar-refractivity contribution in [3.63, 3.8) is 0 Å². The molecule has 1 heterocycles. The number of benzene rings is 1. The molecule has 25 heavy (non-hydrogen) atoms. The normalized spacial score (nSPS) is 28.0. The number of carbonyl (C=O) groups excluding carboxylic acids is 2. The van der Waals surface area contributed by atoms with Crippen molar-refractivity contribution in [2.45, 2.75) is 44.8 Å². The lowest BCUT2D eigenvalue weighted by Gasteiger charge is -2.41. The second kappa shape index (κ2) is 7.04. The predicted octanol–water partition coefficient (Wildman–Crippen LogP) is 4.37. The highest BCUT2D eigenvalue weighted by Gasteiger charge is 2.57. The van der Waals surface area contributed by atoms with E-state index in [0.29, 0.717) is 11.4 Å². The largest absolute Gasteiger partial charge is 0.458 e. The number of carbonyl (C=O) groups is 2. The maximum atomic E-state index is 12.1. The van der Waals surface area contributed by atoms with Gasteiger partial charge >= 0.3 is 11.9 Å². The van der Waals surface area contributed by atoms with Crippen molar-refractivity contribution >= 4 is 23.5 Å². The van der Waals surface area contributed by atoms with Crippen molar-refractivity contribution < 1.29 is 19.1 Å². The minimum Gasteiger partial charge on any atom is -0.458 e. The van der Waals surface area contributed by atoms with Crippen LogP contribution in [0.3, 0.4) is 0 Å². The van der Waals surface area contributed by atoms with Gasteiger partial charge in [-0.2, -0.15) is 0 Å². The maximum Gasteiger partial charge on any atom is 0.330 e. The van der Waals surface area contributed by atoms with Crippen LogP contribution in [0.1, 0.15) is 38.2 Å². The van der Waals surface area contributed by atoms with Gasteiger partial charge in [0.05, 0.1) is 6.42 Å². The van der Waals surface area contributed by atoms with E-state index in [2.05, 4.69) is 6.92 Å². The Bertz CT molecular complexity index is 722. The second-order valence-electron chi connectivity index (χ2n) is 6.59. The first-order valence-corrected chi connectivity index (χ1v) is 8.86. The highest BCUT2D eigenvalue weighted by molar-refractivity contribution is 6.30. The van der Waals surface area contributed by atoms with Crippen LogP contribution < -0.4 is 0 Å². The van der Waals surface area contributed by atoms with Gasteiger partial charge in [0, 0.05) is 16.5 Å². The van der Waals surface area contributed by atoms with Crippen LogP contribution in [-0.4, -0.2) is 17.5 Å². The van der Waals surface area contributed by atoms with Crippen LogP contribution in [0.4, 0.5) is 0 Å². The topological polar surface area (TPSA) is 52.6 Å². The first kappa shape index (κ1) is 17.7. The van der Waals surface area contributed by atoms with Gasteiger partial charge in [-0.1, -0.05) is 36.7 Å². The van der Waals surface area contributed by atoms with Crippen LogP contribution in [0.2, 0.25) is 5.02 Å². The van der Waals surface area contributed by atoms with Crippen LogP contribution >= 0.6 is 11.6 Å². The van der Waals surface area contributed by atoms with E-state index in [9.17, 15) is 9.59 Å². The Kier molecular flexibility index (Phi) is 5.00. The molecule has 2 aliphatic rings. The molecule has 3 rings (SSSR count). The van der Waals surface area contributed by atoms with Crippen LogP contribution in [0.25, 0.3) is 0 Å². The molecule has 2 atom stereocenters. The molecule has 1 fully saturated rings. The van der Waals surface area contributed by atoms with Crippen molar-refractivity contribution in [2.75, 3.05) is 0 Å². The van der Waals surface area contributed by atoms with E-state index in [4.69, 9.17) is 21.1 Å². The first-order valence-electron chi connectivity index (χ1n) is 8.49. The molecule has 1 aliphatic carbocycles. The zero-order chi connectivity index (χ0) is 17.9. The van der Waals surface area contributed by atoms with Gasteiger partial charge in [-0.3, -0.25) is 4.79 Å². The average molecular weight is 361 g/mol. The zero-order valence-corrected chi connectivity index (χ0v) is 14.9. The minimum absolute atomic E-state index is 0.169. The second-order valence-corrected chi connectivity index (χ2v) is 7.02. The monoisotopic (exact) mass is 360 g/mol. The molecular weight excluding hydrogens is 340 g/mol. The molecule has 0 saturated carbocycles. The summed E-state index contributed by atoms with van der Waals surface area (Å²) in [4.78, 5) is 24.0. The molecule has 5 heteroatoms. The molecule has 1 aromatic carbocycles. The third-order valence-electron chi connectivity index (χ3n) is 5.19. The summed E-state index contributed by atoms with van der Waals surface area (Å²) in [5, 5.41) is 0.636. The molecule has 132 valence electrons. The van der Waals surface area contributed by atoms with E-state index in [-0.39, 0.29) is 18.0 Å². The number of fused-ring (bicyclic) bond motifs is 1. The molecule has 1 aromatic rings. The number of allylic oxidation sites excluding steroid dienone is 1. The van der Waals surface area contributed by atoms with E-state index in [1.54, 1.807) is 18.2 Å². The summed E-state index contributed by atoms with van der Waals surface area (Å²) < 4.78 is 10.9. The molecular formula is C20H21ClO4. The molecule has 1 aliphatic heterocycles. The molecule has 0 spiro atoms. The smallest absolute Gasteiger partial charge is 0.330 e. The average Bonchev–Trinajstić information content (AvgIpc) is 2.92. The van der Waals surface area contributed by atoms with Gasteiger partial charge < -0.3 is 9.47 Å². The minimum atomic E-state index is -0.837. The van der Waals surface area contributed by atoms with Gasteiger partial charge in [-0.05, 0) is 49.1 Å². The summed E-state index contributed by atoms with van der Waals surface area (Å²) in [5.74, 6) is -0.677. The van der Waals surface area contributed by atoms with E-state index in [1.165, 1.54) is 6.08 Å². The van der Waals surface area contributed by atoms with Crippen LogP contribution in [0.5, 0.6) is 0 Å². The molecule has 0 radical (unpaired) electrons. The van der Waals surface area contributed by atoms with Crippen molar-refractivity contribution in [3.05, 3.63) is 59.2 Å². The van der Waals surface area contributed by atoms with Gasteiger partial charge in [0.1, 0.15) is 6.61 Å². The van der Waals surface area contributed by atoms with Crippen LogP contribution in [-0.2, 0) is 25.7 Å². The fraction of sp³-hybridized carbons (Fsp3) is 0.400. The Morgan fingerprint density at radius 1 is 1.36 bits per heavy atom. The number of rotatable bonds is 5. The van der Waals surface area contributed by atoms with Gasteiger partial charge in [0.2, 0.25) is 0 Å². The Morgan fingerprint density at radius 3 is 2.84 bits per heavy atom. The van der Waals surface area contributed by atoms with E-state index in [0.717, 1.165) is 24.8 Å². The fourth-order valence-electron chi connectivity index (χ4n) is 3.68. The van der Waals surface area contributed by atoms with E-state index in [1.807, 2.05) is 24.3 Å². The van der Waals surface area contributed by atoms with Gasteiger partial charge in [-0.15, -0.1) is 0 Å². The Balaban J connectivity index is 1.70. The van der Waals surface area contributed by atoms with Gasteiger partial charge in [-0.25, -0.2) is 4.79 Å². The zero-order valence-electron chi connectivity index (χ0n) is 14.2. The van der Waals surface area contributed by atoms with Crippen molar-refractivity contribution in [3.8, 4) is 0 Å². The van der Waals surface area contributed by atoms with Crippen LogP contribution in [0.15, 0.2) is 48.6 Å². The summed E-state index contributed by atoms with van der Waals surface area (Å²) in [6, 6.07) is 7.12. The quantitative estimate of drug-likeness (QED) is 0.444. The predicted molar refractivity (Wildman–Crippen MR) is 94.9 cm³/mol. The number of ether oxygens (including phenoxy) is 2. The van der Waals surface area contributed by atoms with Crippen molar-refractivity contribution in [2.24, 2.45) is 5.41 Å². The van der Waals surface area contributed by atoms with Gasteiger partial charge in [0.25, 0.3) is 0 Å². The summed E-state index contributed by atoms with van der Waals surface area (Å²) in [6.45, 7) is 2.23. The lowest BCUT2D eigenvalue weighted by atomic mass is 9.64. The molecule has 0 bridgehead atoms. The summed E-state index contributed by atoms with van der Waals surface area (Å²) in [6.07, 6.45) is 9.96. The Hall–Kier alpha value is -2.07. The Morgan fingerprint density at radius 2 is 2.12 bits per heavy atom. The van der Waals surface area contributed by atoms with Gasteiger partial charge in [0.15, 0.2) is 5.60 Å². The van der Waals surface area contributed by atoms with Crippen molar-refractivity contribution in [1.29, 1.82) is 0 Å². The number of hydrogen-bond donors (Lipinski definition) is 0. The summed E-state index contributed by atoms with van der Waals surface area (Å²) in [5.41, 5.74) is -0.251. The molecule has 0 N–H and O–H groups in total. The number of halogens is 1. The summed E-state index contributed by atoms with van der Waals surface area (Å²) >= 11 is 5.83. The molecule has 0 unspecified atom stereocenters. The van der Waals surface area contributed by atoms with E-state index < -0.39 is 11.6 Å². The Labute approximate surface area is 152 Å². The standard InChI is InChI=1S/C20H21ClO4/c1-2-19-10-3-4-11-20(19,25-18(23)13-19)12-9-17(22)24-14-15-5-7-16(21)8-6-15/h4-9,11-12H,2-3,10,13-14H2,1H3/b12-9+/t19-,20+/m0/s1. The highest BCUT2D eigenvalue weighted by Crippen LogP contribution is 2.54. The SMILES string of the molecule is CC[C@@]12CCC=C[C@]1(/C=C/C(=O)OCc1ccc(Cl)cc1)OC(=O)C2. The molecule has 0 aromatic heterocycles. The first-order chi connectivity index (χ1) is 12.0. The fourth-order valence-corrected chi connectivity index (χ4v) is 3.81. The lowest BCUT2D eigenvalue weighted by Crippen LogP contribution is -2.43. The third kappa shape index (κ3) is 3.49. The molecule has 4 nitrogen and oxygen atoms in total. The summed E-state index contributed by atoms with van der Waals surface area (Å²) in [7, 11) is 0. The highest BCUT2D eigenvalue weighted by atomic mass is 35.5. The number of esters is 2. The molecule has 1 saturated heterocycles. The maximum absolute atomic E-state index is 12.1. The molecule has 0 amide bonds. The lowest BCUT2D eigenvalue weighted by molar-refractivity contribution is -0.145. The van der Waals surface area contributed by atoms with Crippen molar-refractivity contribution in [1.82, 2.24) is 0 Å². The number of hydrogen-bond acceptors (Lipinski definition) is 4. The van der Waals surface area contributed by atoms with Crippen LogP contribution in [0, 0.1) is 5.41 Å². The van der Waals surface area contributed by atoms with E-state index >= 15 is 0 Å².